The molecular formula is C16H23FN2O3. The van der Waals surface area contributed by atoms with Gasteiger partial charge >= 0.3 is 6.03 Å². The summed E-state index contributed by atoms with van der Waals surface area (Å²) in [6.45, 7) is 2.38. The minimum absolute atomic E-state index is 0.159. The number of halogens is 1. The van der Waals surface area contributed by atoms with Gasteiger partial charge in [0.1, 0.15) is 0 Å². The number of nitrogens with one attached hydrogen (secondary N) is 2. The monoisotopic (exact) mass is 310 g/mol. The minimum Gasteiger partial charge on any atom is -0.494 e. The number of aliphatic hydroxyl groups is 1. The maximum Gasteiger partial charge on any atom is 0.315 e. The van der Waals surface area contributed by atoms with Gasteiger partial charge in [-0.1, -0.05) is 6.07 Å². The van der Waals surface area contributed by atoms with Gasteiger partial charge in [0.15, 0.2) is 11.6 Å². The van der Waals surface area contributed by atoms with Gasteiger partial charge < -0.3 is 20.5 Å². The van der Waals surface area contributed by atoms with Crippen molar-refractivity contribution in [1.82, 2.24) is 10.6 Å². The zero-order valence-electron chi connectivity index (χ0n) is 12.9. The van der Waals surface area contributed by atoms with Crippen LogP contribution >= 0.6 is 0 Å². The normalized spacial score (nSPS) is 22.2. The standard InChI is InChI=1S/C16H23FN2O3/c1-10(12-4-6-14(17)15(8-12)22-2)19-16(21)18-9-11-3-5-13(20)7-11/h4,6,8,10-11,13,20H,3,5,7,9H2,1-2H3,(H2,18,19,21)/t10-,11+,13+/m0/s1. The fourth-order valence-corrected chi connectivity index (χ4v) is 2.75. The first kappa shape index (κ1) is 16.5. The van der Waals surface area contributed by atoms with E-state index in [1.54, 1.807) is 12.1 Å². The smallest absolute Gasteiger partial charge is 0.315 e. The number of hydrogen-bond donors (Lipinski definition) is 3. The number of rotatable bonds is 5. The number of ether oxygens (including phenoxy) is 1. The van der Waals surface area contributed by atoms with Crippen molar-refractivity contribution in [2.75, 3.05) is 13.7 Å². The molecule has 2 amide bonds. The topological polar surface area (TPSA) is 70.6 Å². The average Bonchev–Trinajstić information content (AvgIpc) is 2.91. The molecule has 0 radical (unpaired) electrons. The number of methoxy groups -OCH3 is 1. The molecule has 6 heteroatoms. The summed E-state index contributed by atoms with van der Waals surface area (Å²) in [5, 5.41) is 15.1. The third-order valence-electron chi connectivity index (χ3n) is 4.09. The summed E-state index contributed by atoms with van der Waals surface area (Å²) in [5.41, 5.74) is 0.768. The van der Waals surface area contributed by atoms with Crippen molar-refractivity contribution >= 4 is 6.03 Å². The summed E-state index contributed by atoms with van der Waals surface area (Å²) >= 11 is 0. The molecular weight excluding hydrogens is 287 g/mol. The van der Waals surface area contributed by atoms with Crippen molar-refractivity contribution in [3.63, 3.8) is 0 Å². The lowest BCUT2D eigenvalue weighted by atomic mass is 10.1. The van der Waals surface area contributed by atoms with E-state index < -0.39 is 5.82 Å². The first-order chi connectivity index (χ1) is 10.5. The second kappa shape index (κ2) is 7.45. The number of carbonyl (C=O) groups is 1. The van der Waals surface area contributed by atoms with Crippen LogP contribution in [0.2, 0.25) is 0 Å². The van der Waals surface area contributed by atoms with Gasteiger partial charge in [-0.05, 0) is 49.8 Å². The van der Waals surface area contributed by atoms with Crippen LogP contribution in [0, 0.1) is 11.7 Å². The number of urea groups is 1. The lowest BCUT2D eigenvalue weighted by molar-refractivity contribution is 0.177. The highest BCUT2D eigenvalue weighted by molar-refractivity contribution is 5.74. The van der Waals surface area contributed by atoms with Crippen molar-refractivity contribution in [2.45, 2.75) is 38.3 Å². The van der Waals surface area contributed by atoms with Gasteiger partial charge in [-0.25, -0.2) is 9.18 Å². The van der Waals surface area contributed by atoms with Crippen LogP contribution in [0.3, 0.4) is 0 Å². The molecule has 0 spiro atoms. The highest BCUT2D eigenvalue weighted by Gasteiger charge is 2.23. The Morgan fingerprint density at radius 1 is 1.50 bits per heavy atom. The highest BCUT2D eigenvalue weighted by atomic mass is 19.1. The highest BCUT2D eigenvalue weighted by Crippen LogP contribution is 2.25. The van der Waals surface area contributed by atoms with Gasteiger partial charge in [-0.3, -0.25) is 0 Å². The fraction of sp³-hybridized carbons (Fsp3) is 0.562. The van der Waals surface area contributed by atoms with E-state index >= 15 is 0 Å². The summed E-state index contributed by atoms with van der Waals surface area (Å²) in [6, 6.07) is 3.99. The van der Waals surface area contributed by atoms with Crippen LogP contribution in [0.4, 0.5) is 9.18 Å². The number of amides is 2. The molecule has 22 heavy (non-hydrogen) atoms. The lowest BCUT2D eigenvalue weighted by Gasteiger charge is -2.17. The zero-order chi connectivity index (χ0) is 16.1. The van der Waals surface area contributed by atoms with Gasteiger partial charge in [0.25, 0.3) is 0 Å². The average molecular weight is 310 g/mol. The van der Waals surface area contributed by atoms with Crippen molar-refractivity contribution in [1.29, 1.82) is 0 Å². The lowest BCUT2D eigenvalue weighted by Crippen LogP contribution is -2.39. The molecule has 2 rings (SSSR count). The summed E-state index contributed by atoms with van der Waals surface area (Å²) in [6.07, 6.45) is 2.25. The van der Waals surface area contributed by atoms with Crippen LogP contribution < -0.4 is 15.4 Å². The van der Waals surface area contributed by atoms with Crippen LogP contribution in [0.1, 0.15) is 37.8 Å². The van der Waals surface area contributed by atoms with E-state index in [9.17, 15) is 14.3 Å². The molecule has 0 saturated heterocycles. The second-order valence-electron chi connectivity index (χ2n) is 5.80. The van der Waals surface area contributed by atoms with Crippen molar-refractivity contribution < 1.29 is 19.0 Å². The van der Waals surface area contributed by atoms with Crippen LogP contribution in [0.15, 0.2) is 18.2 Å². The molecule has 1 aliphatic rings. The Kier molecular flexibility index (Phi) is 5.60. The molecule has 3 atom stereocenters. The Bertz CT molecular complexity index is 524. The Morgan fingerprint density at radius 2 is 2.27 bits per heavy atom. The van der Waals surface area contributed by atoms with Crippen molar-refractivity contribution in [2.24, 2.45) is 5.92 Å². The van der Waals surface area contributed by atoms with Crippen LogP contribution in [0.5, 0.6) is 5.75 Å². The summed E-state index contributed by atoms with van der Waals surface area (Å²) in [5.74, 6) is 0.0659. The van der Waals surface area contributed by atoms with E-state index in [4.69, 9.17) is 4.74 Å². The molecule has 0 unspecified atom stereocenters. The number of hydrogen-bond acceptors (Lipinski definition) is 3. The summed E-state index contributed by atoms with van der Waals surface area (Å²) < 4.78 is 18.3. The molecule has 0 aromatic heterocycles. The summed E-state index contributed by atoms with van der Waals surface area (Å²) in [7, 11) is 1.41. The third kappa shape index (κ3) is 4.34. The first-order valence-corrected chi connectivity index (χ1v) is 7.55. The van der Waals surface area contributed by atoms with E-state index in [2.05, 4.69) is 10.6 Å². The molecule has 5 nitrogen and oxygen atoms in total. The maximum absolute atomic E-state index is 13.4. The molecule has 122 valence electrons. The number of aliphatic hydroxyl groups excluding tert-OH is 1. The Hall–Kier alpha value is -1.82. The Morgan fingerprint density at radius 3 is 2.91 bits per heavy atom. The SMILES string of the molecule is COc1cc([C@H](C)NC(=O)NC[C@@H]2CC[C@@H](O)C2)ccc1F. The predicted octanol–water partition coefficient (Wildman–Crippen LogP) is 2.36. The molecule has 1 aromatic rings. The number of carbonyl (C=O) groups excluding carboxylic acids is 1. The molecule has 3 N–H and O–H groups in total. The quantitative estimate of drug-likeness (QED) is 0.782. The van der Waals surface area contributed by atoms with E-state index in [1.807, 2.05) is 6.92 Å². The molecule has 1 fully saturated rings. The maximum atomic E-state index is 13.4. The largest absolute Gasteiger partial charge is 0.494 e. The minimum atomic E-state index is -0.428. The van der Waals surface area contributed by atoms with E-state index in [0.29, 0.717) is 12.5 Å². The second-order valence-corrected chi connectivity index (χ2v) is 5.80. The van der Waals surface area contributed by atoms with Gasteiger partial charge in [-0.15, -0.1) is 0 Å². The summed E-state index contributed by atoms with van der Waals surface area (Å²) in [4.78, 5) is 11.9. The first-order valence-electron chi connectivity index (χ1n) is 7.55. The number of benzene rings is 1. The van der Waals surface area contributed by atoms with Crippen molar-refractivity contribution in [3.05, 3.63) is 29.6 Å². The molecule has 1 aliphatic carbocycles. The van der Waals surface area contributed by atoms with Crippen LogP contribution in [-0.4, -0.2) is 30.9 Å². The Labute approximate surface area is 129 Å². The van der Waals surface area contributed by atoms with Crippen LogP contribution in [-0.2, 0) is 0 Å². The van der Waals surface area contributed by atoms with E-state index in [-0.39, 0.29) is 23.9 Å². The van der Waals surface area contributed by atoms with Crippen molar-refractivity contribution in [3.8, 4) is 5.75 Å². The zero-order valence-corrected chi connectivity index (χ0v) is 12.9. The predicted molar refractivity (Wildman–Crippen MR) is 81.2 cm³/mol. The van der Waals surface area contributed by atoms with E-state index in [0.717, 1.165) is 24.8 Å². The third-order valence-corrected chi connectivity index (χ3v) is 4.09. The molecule has 1 aromatic carbocycles. The van der Waals surface area contributed by atoms with Crippen LogP contribution in [0.25, 0.3) is 0 Å². The van der Waals surface area contributed by atoms with Gasteiger partial charge in [0.2, 0.25) is 0 Å². The molecule has 0 aliphatic heterocycles. The fourth-order valence-electron chi connectivity index (χ4n) is 2.75. The van der Waals surface area contributed by atoms with E-state index in [1.165, 1.54) is 13.2 Å². The van der Waals surface area contributed by atoms with Gasteiger partial charge in [0, 0.05) is 6.54 Å². The Balaban J connectivity index is 1.83. The molecule has 0 heterocycles. The molecule has 1 saturated carbocycles. The van der Waals surface area contributed by atoms with Gasteiger partial charge in [-0.2, -0.15) is 0 Å². The molecule has 0 bridgehead atoms. The van der Waals surface area contributed by atoms with Gasteiger partial charge in [0.05, 0.1) is 19.3 Å².